The number of phenolic OH excluding ortho intramolecular Hbond substituents is 1. The summed E-state index contributed by atoms with van der Waals surface area (Å²) in [6.45, 7) is 4.29. The molecule has 0 amide bonds. The van der Waals surface area contributed by atoms with Gasteiger partial charge in [0.2, 0.25) is 0 Å². The normalized spacial score (nSPS) is 10.6. The molecule has 2 N–H and O–H groups in total. The summed E-state index contributed by atoms with van der Waals surface area (Å²) < 4.78 is 5.38. The van der Waals surface area contributed by atoms with Crippen molar-refractivity contribution in [3.63, 3.8) is 0 Å². The number of phenols is 1. The third-order valence-electron chi connectivity index (χ3n) is 3.26. The highest BCUT2D eigenvalue weighted by molar-refractivity contribution is 5.69. The molecule has 0 fully saturated rings. The highest BCUT2D eigenvalue weighted by Gasteiger charge is 2.15. The van der Waals surface area contributed by atoms with Crippen molar-refractivity contribution in [1.82, 2.24) is 20.2 Å². The summed E-state index contributed by atoms with van der Waals surface area (Å²) in [5.41, 5.74) is 2.25. The van der Waals surface area contributed by atoms with Gasteiger partial charge in [-0.25, -0.2) is 4.98 Å². The summed E-state index contributed by atoms with van der Waals surface area (Å²) in [6.07, 6.45) is 1.71. The Morgan fingerprint density at radius 3 is 2.86 bits per heavy atom. The monoisotopic (exact) mass is 296 g/mol. The van der Waals surface area contributed by atoms with Crippen LogP contribution in [0.2, 0.25) is 0 Å². The van der Waals surface area contributed by atoms with Crippen LogP contribution >= 0.6 is 0 Å². The van der Waals surface area contributed by atoms with E-state index in [-0.39, 0.29) is 5.75 Å². The predicted molar refractivity (Wildman–Crippen MR) is 82.6 cm³/mol. The fraction of sp³-hybridized carbons (Fsp3) is 0.188. The number of hydrogen-bond acceptors (Lipinski definition) is 5. The van der Waals surface area contributed by atoms with E-state index in [1.807, 2.05) is 26.0 Å². The van der Waals surface area contributed by atoms with E-state index in [9.17, 15) is 5.11 Å². The minimum Gasteiger partial charge on any atom is -0.504 e. The highest BCUT2D eigenvalue weighted by atomic mass is 16.5. The van der Waals surface area contributed by atoms with Gasteiger partial charge in [0.1, 0.15) is 5.69 Å². The molecule has 0 saturated heterocycles. The van der Waals surface area contributed by atoms with Crippen molar-refractivity contribution in [3.8, 4) is 34.4 Å². The third kappa shape index (κ3) is 2.50. The largest absolute Gasteiger partial charge is 0.504 e. The molecule has 2 heterocycles. The summed E-state index contributed by atoms with van der Waals surface area (Å²) in [6, 6.07) is 9.07. The quantitative estimate of drug-likeness (QED) is 0.773. The van der Waals surface area contributed by atoms with Crippen LogP contribution in [0.3, 0.4) is 0 Å². The number of aromatic amines is 1. The smallest absolute Gasteiger partial charge is 0.185 e. The molecule has 0 aliphatic carbocycles. The van der Waals surface area contributed by atoms with Crippen molar-refractivity contribution in [2.24, 2.45) is 0 Å². The fourth-order valence-electron chi connectivity index (χ4n) is 2.20. The van der Waals surface area contributed by atoms with Crippen LogP contribution in [0.25, 0.3) is 22.9 Å². The van der Waals surface area contributed by atoms with Crippen LogP contribution in [0.4, 0.5) is 0 Å². The van der Waals surface area contributed by atoms with E-state index in [2.05, 4.69) is 20.2 Å². The first-order chi connectivity index (χ1) is 10.7. The Labute approximate surface area is 127 Å². The van der Waals surface area contributed by atoms with Crippen molar-refractivity contribution in [1.29, 1.82) is 0 Å². The van der Waals surface area contributed by atoms with Crippen LogP contribution in [0.1, 0.15) is 12.5 Å². The Hall–Kier alpha value is -2.89. The Balaban J connectivity index is 2.01. The number of hydrogen-bond donors (Lipinski definition) is 2. The minimum absolute atomic E-state index is 0.0349. The molecule has 3 rings (SSSR count). The van der Waals surface area contributed by atoms with Crippen molar-refractivity contribution < 1.29 is 9.84 Å². The Morgan fingerprint density at radius 1 is 1.23 bits per heavy atom. The van der Waals surface area contributed by atoms with Gasteiger partial charge in [0, 0.05) is 6.20 Å². The number of rotatable bonds is 4. The lowest BCUT2D eigenvalue weighted by Gasteiger charge is -2.07. The van der Waals surface area contributed by atoms with Crippen molar-refractivity contribution >= 4 is 0 Å². The summed E-state index contributed by atoms with van der Waals surface area (Å²) >= 11 is 0. The maximum Gasteiger partial charge on any atom is 0.185 e. The van der Waals surface area contributed by atoms with E-state index in [0.717, 1.165) is 11.3 Å². The van der Waals surface area contributed by atoms with E-state index in [0.29, 0.717) is 29.6 Å². The SMILES string of the molecule is CCOc1cccc(-c2n[nH]c(-c3ncccc3C)n2)c1O. The average molecular weight is 296 g/mol. The van der Waals surface area contributed by atoms with E-state index in [1.165, 1.54) is 0 Å². The summed E-state index contributed by atoms with van der Waals surface area (Å²) in [7, 11) is 0. The van der Waals surface area contributed by atoms with E-state index in [4.69, 9.17) is 4.74 Å². The molecule has 3 aromatic rings. The summed E-state index contributed by atoms with van der Waals surface area (Å²) in [5, 5.41) is 17.3. The maximum absolute atomic E-state index is 10.3. The first-order valence-electron chi connectivity index (χ1n) is 7.00. The van der Waals surface area contributed by atoms with E-state index >= 15 is 0 Å². The molecule has 0 spiro atoms. The standard InChI is InChI=1S/C16H16N4O2/c1-3-22-12-8-4-7-11(14(12)21)15-18-16(20-19-15)13-10(2)6-5-9-17-13/h4-9,21H,3H2,1-2H3,(H,18,19,20). The van der Waals surface area contributed by atoms with Crippen molar-refractivity contribution in [2.45, 2.75) is 13.8 Å². The van der Waals surface area contributed by atoms with Crippen LogP contribution in [-0.2, 0) is 0 Å². The number of aromatic nitrogens is 4. The molecule has 0 aliphatic heterocycles. The lowest BCUT2D eigenvalue weighted by Crippen LogP contribution is -1.93. The molecular formula is C16H16N4O2. The van der Waals surface area contributed by atoms with Gasteiger partial charge >= 0.3 is 0 Å². The lowest BCUT2D eigenvalue weighted by atomic mass is 10.1. The second-order valence-electron chi connectivity index (χ2n) is 4.76. The number of benzene rings is 1. The lowest BCUT2D eigenvalue weighted by molar-refractivity contribution is 0.318. The van der Waals surface area contributed by atoms with Gasteiger partial charge in [0.25, 0.3) is 0 Å². The van der Waals surface area contributed by atoms with Crippen molar-refractivity contribution in [2.75, 3.05) is 6.61 Å². The Kier molecular flexibility index (Phi) is 3.74. The third-order valence-corrected chi connectivity index (χ3v) is 3.26. The zero-order valence-electron chi connectivity index (χ0n) is 12.4. The minimum atomic E-state index is 0.0349. The number of aromatic hydroxyl groups is 1. The van der Waals surface area contributed by atoms with Gasteiger partial charge in [-0.1, -0.05) is 12.1 Å². The number of nitrogens with zero attached hydrogens (tertiary/aromatic N) is 3. The average Bonchev–Trinajstić information content (AvgIpc) is 2.99. The molecule has 0 unspecified atom stereocenters. The van der Waals surface area contributed by atoms with Crippen LogP contribution in [0.15, 0.2) is 36.5 Å². The molecule has 0 saturated carbocycles. The van der Waals surface area contributed by atoms with Gasteiger partial charge < -0.3 is 9.84 Å². The molecule has 0 aliphatic rings. The van der Waals surface area contributed by atoms with Gasteiger partial charge in [-0.2, -0.15) is 5.10 Å². The van der Waals surface area contributed by atoms with Crippen LogP contribution in [0.5, 0.6) is 11.5 Å². The van der Waals surface area contributed by atoms with Gasteiger partial charge in [-0.15, -0.1) is 0 Å². The predicted octanol–water partition coefficient (Wildman–Crippen LogP) is 2.95. The Bertz CT molecular complexity index is 798. The molecule has 6 nitrogen and oxygen atoms in total. The maximum atomic E-state index is 10.3. The number of para-hydroxylation sites is 1. The van der Waals surface area contributed by atoms with E-state index in [1.54, 1.807) is 24.4 Å². The second-order valence-corrected chi connectivity index (χ2v) is 4.76. The molecule has 6 heteroatoms. The van der Waals surface area contributed by atoms with Crippen molar-refractivity contribution in [3.05, 3.63) is 42.1 Å². The number of ether oxygens (including phenoxy) is 1. The van der Waals surface area contributed by atoms with Crippen LogP contribution in [0, 0.1) is 6.92 Å². The fourth-order valence-corrected chi connectivity index (χ4v) is 2.20. The first kappa shape index (κ1) is 14.1. The molecule has 0 atom stereocenters. The van der Waals surface area contributed by atoms with Gasteiger partial charge in [-0.05, 0) is 37.6 Å². The molecule has 0 radical (unpaired) electrons. The summed E-state index contributed by atoms with van der Waals surface area (Å²) in [4.78, 5) is 8.73. The number of aryl methyl sites for hydroxylation is 1. The van der Waals surface area contributed by atoms with Gasteiger partial charge in [0.05, 0.1) is 12.2 Å². The van der Waals surface area contributed by atoms with Crippen LogP contribution < -0.4 is 4.74 Å². The molecule has 1 aromatic carbocycles. The number of pyridine rings is 1. The second kappa shape index (κ2) is 5.85. The summed E-state index contributed by atoms with van der Waals surface area (Å²) in [5.74, 6) is 1.42. The van der Waals surface area contributed by atoms with Crippen LogP contribution in [-0.4, -0.2) is 31.9 Å². The van der Waals surface area contributed by atoms with Gasteiger partial charge in [-0.3, -0.25) is 10.1 Å². The zero-order valence-corrected chi connectivity index (χ0v) is 12.4. The molecule has 2 aromatic heterocycles. The number of H-pyrrole nitrogens is 1. The highest BCUT2D eigenvalue weighted by Crippen LogP contribution is 2.35. The molecular weight excluding hydrogens is 280 g/mol. The zero-order chi connectivity index (χ0) is 15.5. The topological polar surface area (TPSA) is 83.9 Å². The Morgan fingerprint density at radius 2 is 2.09 bits per heavy atom. The molecule has 112 valence electrons. The first-order valence-corrected chi connectivity index (χ1v) is 7.00. The number of nitrogens with one attached hydrogen (secondary N) is 1. The van der Waals surface area contributed by atoms with Gasteiger partial charge in [0.15, 0.2) is 23.1 Å². The molecule has 0 bridgehead atoms. The molecule has 22 heavy (non-hydrogen) atoms. The van der Waals surface area contributed by atoms with E-state index < -0.39 is 0 Å².